The van der Waals surface area contributed by atoms with Crippen LogP contribution >= 0.6 is 12.2 Å². The molecule has 0 unspecified atom stereocenters. The Morgan fingerprint density at radius 3 is 3.07 bits per heavy atom. The zero-order valence-electron chi connectivity index (χ0n) is 7.53. The smallest absolute Gasteiger partial charge is 0.231 e. The molecule has 0 aromatic heterocycles. The molecule has 0 saturated carbocycles. The summed E-state index contributed by atoms with van der Waals surface area (Å²) in [6, 6.07) is 5.90. The minimum atomic E-state index is 0.316. The van der Waals surface area contributed by atoms with E-state index < -0.39 is 0 Å². The van der Waals surface area contributed by atoms with Crippen molar-refractivity contribution in [1.82, 2.24) is 0 Å². The Balaban J connectivity index is 2.08. The van der Waals surface area contributed by atoms with Gasteiger partial charge in [0.25, 0.3) is 0 Å². The van der Waals surface area contributed by atoms with Crippen molar-refractivity contribution >= 4 is 17.4 Å². The Morgan fingerprint density at radius 1 is 1.36 bits per heavy atom. The summed E-state index contributed by atoms with van der Waals surface area (Å²) >= 11 is 4.49. The molecule has 1 heterocycles. The van der Waals surface area contributed by atoms with Crippen LogP contribution in [0.5, 0.6) is 11.5 Å². The molecule has 0 N–H and O–H groups in total. The highest BCUT2D eigenvalue weighted by Gasteiger charge is 2.12. The molecular formula is C10H9NO2S. The van der Waals surface area contributed by atoms with Gasteiger partial charge in [0.15, 0.2) is 11.5 Å². The number of benzene rings is 1. The first-order valence-electron chi connectivity index (χ1n) is 4.32. The fourth-order valence-corrected chi connectivity index (χ4v) is 1.42. The highest BCUT2D eigenvalue weighted by atomic mass is 32.1. The van der Waals surface area contributed by atoms with Gasteiger partial charge in [-0.3, -0.25) is 0 Å². The van der Waals surface area contributed by atoms with Crippen molar-refractivity contribution in [3.8, 4) is 11.5 Å². The molecule has 0 amide bonds. The largest absolute Gasteiger partial charge is 0.454 e. The Bertz CT molecular complexity index is 386. The van der Waals surface area contributed by atoms with Gasteiger partial charge in [0.05, 0.1) is 11.7 Å². The van der Waals surface area contributed by atoms with Crippen LogP contribution in [0.25, 0.3) is 0 Å². The zero-order valence-corrected chi connectivity index (χ0v) is 8.34. The Morgan fingerprint density at radius 2 is 2.21 bits per heavy atom. The van der Waals surface area contributed by atoms with Gasteiger partial charge >= 0.3 is 0 Å². The molecule has 1 aromatic carbocycles. The Labute approximate surface area is 87.4 Å². The molecule has 1 aromatic rings. The monoisotopic (exact) mass is 207 g/mol. The third-order valence-corrected chi connectivity index (χ3v) is 2.14. The molecule has 72 valence electrons. The van der Waals surface area contributed by atoms with E-state index in [-0.39, 0.29) is 0 Å². The van der Waals surface area contributed by atoms with Crippen molar-refractivity contribution in [1.29, 1.82) is 0 Å². The summed E-state index contributed by atoms with van der Waals surface area (Å²) in [5, 5.41) is 2.34. The lowest BCUT2D eigenvalue weighted by Crippen LogP contribution is -1.93. The normalized spacial score (nSPS) is 12.3. The van der Waals surface area contributed by atoms with E-state index in [4.69, 9.17) is 9.47 Å². The zero-order chi connectivity index (χ0) is 9.80. The molecule has 1 aliphatic heterocycles. The van der Waals surface area contributed by atoms with E-state index in [0.717, 1.165) is 17.9 Å². The van der Waals surface area contributed by atoms with Crippen molar-refractivity contribution in [2.24, 2.45) is 4.99 Å². The van der Waals surface area contributed by atoms with Gasteiger partial charge in [-0.25, -0.2) is 4.99 Å². The molecule has 4 heteroatoms. The van der Waals surface area contributed by atoms with Gasteiger partial charge in [-0.05, 0) is 36.3 Å². The van der Waals surface area contributed by atoms with E-state index in [0.29, 0.717) is 13.3 Å². The number of hydrogen-bond donors (Lipinski definition) is 0. The molecule has 2 rings (SSSR count). The molecule has 0 atom stereocenters. The van der Waals surface area contributed by atoms with Crippen molar-refractivity contribution in [2.45, 2.75) is 6.42 Å². The summed E-state index contributed by atoms with van der Waals surface area (Å²) in [6.07, 6.45) is 0.848. The topological polar surface area (TPSA) is 30.8 Å². The van der Waals surface area contributed by atoms with Gasteiger partial charge in [0, 0.05) is 0 Å². The van der Waals surface area contributed by atoms with E-state index in [1.54, 1.807) is 0 Å². The number of hydrogen-bond acceptors (Lipinski definition) is 4. The minimum absolute atomic E-state index is 0.316. The van der Waals surface area contributed by atoms with Gasteiger partial charge in [0.2, 0.25) is 6.79 Å². The van der Waals surface area contributed by atoms with E-state index in [1.165, 1.54) is 5.56 Å². The number of ether oxygens (including phenoxy) is 2. The standard InChI is InChI=1S/C10H9NO2S/c14-6-11-4-3-8-1-2-9-10(5-8)13-7-12-9/h1-2,5H,3-4,7H2. The number of isothiocyanates is 1. The molecule has 14 heavy (non-hydrogen) atoms. The summed E-state index contributed by atoms with van der Waals surface area (Å²) in [6.45, 7) is 0.986. The van der Waals surface area contributed by atoms with E-state index in [1.807, 2.05) is 18.2 Å². The third kappa shape index (κ3) is 1.92. The van der Waals surface area contributed by atoms with Crippen LogP contribution in [0.2, 0.25) is 0 Å². The first-order chi connectivity index (χ1) is 6.90. The van der Waals surface area contributed by atoms with Crippen LogP contribution < -0.4 is 9.47 Å². The van der Waals surface area contributed by atoms with Gasteiger partial charge in [0.1, 0.15) is 0 Å². The molecule has 0 bridgehead atoms. The predicted molar refractivity (Wildman–Crippen MR) is 56.2 cm³/mol. The molecule has 0 saturated heterocycles. The number of aliphatic imine (C=N–C) groups is 1. The van der Waals surface area contributed by atoms with Gasteiger partial charge < -0.3 is 9.47 Å². The SMILES string of the molecule is S=C=NCCc1ccc2c(c1)OCO2. The van der Waals surface area contributed by atoms with Crippen molar-refractivity contribution in [3.05, 3.63) is 23.8 Å². The number of fused-ring (bicyclic) bond motifs is 1. The van der Waals surface area contributed by atoms with Crippen LogP contribution in [0.4, 0.5) is 0 Å². The van der Waals surface area contributed by atoms with Crippen molar-refractivity contribution < 1.29 is 9.47 Å². The summed E-state index contributed by atoms with van der Waals surface area (Å²) in [7, 11) is 0. The Kier molecular flexibility index (Phi) is 2.77. The third-order valence-electron chi connectivity index (χ3n) is 2.01. The summed E-state index contributed by atoms with van der Waals surface area (Å²) < 4.78 is 10.5. The maximum Gasteiger partial charge on any atom is 0.231 e. The van der Waals surface area contributed by atoms with E-state index in [9.17, 15) is 0 Å². The summed E-state index contributed by atoms with van der Waals surface area (Å²) in [5.74, 6) is 1.63. The molecule has 0 aliphatic carbocycles. The Hall–Kier alpha value is -1.38. The lowest BCUT2D eigenvalue weighted by molar-refractivity contribution is 0.174. The van der Waals surface area contributed by atoms with E-state index in [2.05, 4.69) is 22.4 Å². The maximum absolute atomic E-state index is 5.26. The molecule has 0 fully saturated rings. The van der Waals surface area contributed by atoms with Crippen LogP contribution in [0.15, 0.2) is 23.2 Å². The second-order valence-electron chi connectivity index (χ2n) is 2.91. The van der Waals surface area contributed by atoms with Gasteiger partial charge in [-0.2, -0.15) is 0 Å². The first-order valence-corrected chi connectivity index (χ1v) is 4.73. The lowest BCUT2D eigenvalue weighted by Gasteiger charge is -1.99. The average Bonchev–Trinajstić information content (AvgIpc) is 2.65. The number of nitrogens with zero attached hydrogens (tertiary/aromatic N) is 1. The van der Waals surface area contributed by atoms with Crippen LogP contribution in [0.1, 0.15) is 5.56 Å². The highest BCUT2D eigenvalue weighted by Crippen LogP contribution is 2.32. The second kappa shape index (κ2) is 4.22. The first kappa shape index (κ1) is 9.19. The van der Waals surface area contributed by atoms with Crippen molar-refractivity contribution in [2.75, 3.05) is 13.3 Å². The second-order valence-corrected chi connectivity index (χ2v) is 3.09. The molecule has 0 spiro atoms. The van der Waals surface area contributed by atoms with Crippen LogP contribution in [0.3, 0.4) is 0 Å². The van der Waals surface area contributed by atoms with E-state index >= 15 is 0 Å². The molecule has 1 aliphatic rings. The quantitative estimate of drug-likeness (QED) is 0.561. The van der Waals surface area contributed by atoms with Crippen LogP contribution in [-0.2, 0) is 6.42 Å². The summed E-state index contributed by atoms with van der Waals surface area (Å²) in [4.78, 5) is 3.85. The summed E-state index contributed by atoms with van der Waals surface area (Å²) in [5.41, 5.74) is 1.17. The maximum atomic E-state index is 5.26. The fraction of sp³-hybridized carbons (Fsp3) is 0.300. The lowest BCUT2D eigenvalue weighted by atomic mass is 10.1. The fourth-order valence-electron chi connectivity index (χ4n) is 1.33. The number of rotatable bonds is 3. The molecular weight excluding hydrogens is 198 g/mol. The highest BCUT2D eigenvalue weighted by molar-refractivity contribution is 7.78. The predicted octanol–water partition coefficient (Wildman–Crippen LogP) is 2.06. The van der Waals surface area contributed by atoms with Gasteiger partial charge in [-0.1, -0.05) is 6.07 Å². The van der Waals surface area contributed by atoms with Gasteiger partial charge in [-0.15, -0.1) is 0 Å². The molecule has 0 radical (unpaired) electrons. The number of thiocarbonyl (C=S) groups is 1. The van der Waals surface area contributed by atoms with Crippen LogP contribution in [-0.4, -0.2) is 18.5 Å². The van der Waals surface area contributed by atoms with Crippen LogP contribution in [0, 0.1) is 0 Å². The minimum Gasteiger partial charge on any atom is -0.454 e. The average molecular weight is 207 g/mol. The molecule has 3 nitrogen and oxygen atoms in total. The van der Waals surface area contributed by atoms with Crippen molar-refractivity contribution in [3.63, 3.8) is 0 Å².